The Morgan fingerprint density at radius 2 is 2.25 bits per heavy atom. The molecule has 0 spiro atoms. The number of nitrogens with zero attached hydrogens (tertiary/aromatic N) is 2. The summed E-state index contributed by atoms with van der Waals surface area (Å²) in [5, 5.41) is 0.253. The SMILES string of the molecule is C#CC(C)(C)Oc1nsnc1Cl. The van der Waals surface area contributed by atoms with Crippen LogP contribution in [0, 0.1) is 12.3 Å². The molecule has 5 heteroatoms. The molecule has 0 N–H and O–H groups in total. The van der Waals surface area contributed by atoms with E-state index >= 15 is 0 Å². The maximum absolute atomic E-state index is 5.65. The predicted octanol–water partition coefficient (Wildman–Crippen LogP) is 1.98. The molecule has 0 aliphatic heterocycles. The van der Waals surface area contributed by atoms with E-state index in [0.29, 0.717) is 5.88 Å². The van der Waals surface area contributed by atoms with E-state index in [1.54, 1.807) is 13.8 Å². The van der Waals surface area contributed by atoms with E-state index in [-0.39, 0.29) is 5.15 Å². The van der Waals surface area contributed by atoms with Crippen LogP contribution >= 0.6 is 23.3 Å². The van der Waals surface area contributed by atoms with Gasteiger partial charge in [0, 0.05) is 0 Å². The van der Waals surface area contributed by atoms with Crippen LogP contribution in [0.4, 0.5) is 0 Å². The van der Waals surface area contributed by atoms with Gasteiger partial charge >= 0.3 is 0 Å². The Hall–Kier alpha value is -0.790. The number of halogens is 1. The van der Waals surface area contributed by atoms with E-state index in [4.69, 9.17) is 22.8 Å². The molecular weight excluding hydrogens is 196 g/mol. The molecule has 0 saturated heterocycles. The highest BCUT2D eigenvalue weighted by Gasteiger charge is 2.19. The molecule has 0 unspecified atom stereocenters. The van der Waals surface area contributed by atoms with Crippen molar-refractivity contribution in [2.75, 3.05) is 0 Å². The van der Waals surface area contributed by atoms with Crippen molar-refractivity contribution in [1.29, 1.82) is 0 Å². The van der Waals surface area contributed by atoms with Gasteiger partial charge in [-0.2, -0.15) is 4.37 Å². The Morgan fingerprint density at radius 1 is 1.58 bits per heavy atom. The summed E-state index contributed by atoms with van der Waals surface area (Å²) in [6.45, 7) is 3.51. The Kier molecular flexibility index (Phi) is 2.55. The van der Waals surface area contributed by atoms with Crippen LogP contribution in [0.5, 0.6) is 5.88 Å². The fraction of sp³-hybridized carbons (Fsp3) is 0.429. The van der Waals surface area contributed by atoms with Crippen molar-refractivity contribution in [3.8, 4) is 18.2 Å². The topological polar surface area (TPSA) is 35.0 Å². The van der Waals surface area contributed by atoms with Crippen LogP contribution in [-0.4, -0.2) is 14.3 Å². The highest BCUT2D eigenvalue weighted by molar-refractivity contribution is 6.99. The van der Waals surface area contributed by atoms with Crippen LogP contribution < -0.4 is 4.74 Å². The van der Waals surface area contributed by atoms with Gasteiger partial charge in [0.05, 0.1) is 11.7 Å². The van der Waals surface area contributed by atoms with E-state index in [1.165, 1.54) is 0 Å². The molecule has 0 fully saturated rings. The van der Waals surface area contributed by atoms with E-state index in [9.17, 15) is 0 Å². The molecule has 1 heterocycles. The first-order valence-corrected chi connectivity index (χ1v) is 4.31. The van der Waals surface area contributed by atoms with E-state index in [2.05, 4.69) is 14.7 Å². The van der Waals surface area contributed by atoms with E-state index in [0.717, 1.165) is 11.7 Å². The molecule has 0 aromatic carbocycles. The monoisotopic (exact) mass is 202 g/mol. The first kappa shape index (κ1) is 9.30. The predicted molar refractivity (Wildman–Crippen MR) is 48.5 cm³/mol. The molecule has 0 atom stereocenters. The molecule has 0 aliphatic carbocycles. The Bertz CT molecular complexity index is 315. The number of ether oxygens (including phenoxy) is 1. The number of hydrogen-bond donors (Lipinski definition) is 0. The number of hydrogen-bond acceptors (Lipinski definition) is 4. The zero-order chi connectivity index (χ0) is 9.19. The molecule has 1 aromatic heterocycles. The molecule has 0 aliphatic rings. The van der Waals surface area contributed by atoms with Crippen LogP contribution in [0.3, 0.4) is 0 Å². The van der Waals surface area contributed by atoms with Crippen molar-refractivity contribution in [2.24, 2.45) is 0 Å². The molecule has 0 bridgehead atoms. The van der Waals surface area contributed by atoms with Gasteiger partial charge in [-0.1, -0.05) is 17.5 Å². The third-order valence-corrected chi connectivity index (χ3v) is 1.98. The summed E-state index contributed by atoms with van der Waals surface area (Å²) in [6, 6.07) is 0. The summed E-state index contributed by atoms with van der Waals surface area (Å²) >= 11 is 6.64. The summed E-state index contributed by atoms with van der Waals surface area (Å²) < 4.78 is 12.9. The lowest BCUT2D eigenvalue weighted by Gasteiger charge is -2.17. The normalized spacial score (nSPS) is 10.8. The van der Waals surface area contributed by atoms with Crippen molar-refractivity contribution < 1.29 is 4.74 Å². The largest absolute Gasteiger partial charge is 0.456 e. The van der Waals surface area contributed by atoms with Crippen LogP contribution in [0.25, 0.3) is 0 Å². The minimum absolute atomic E-state index is 0.253. The number of rotatable bonds is 2. The maximum Gasteiger partial charge on any atom is 0.266 e. The average Bonchev–Trinajstić information content (AvgIpc) is 2.36. The second kappa shape index (κ2) is 3.30. The molecular formula is C7H7ClN2OS. The highest BCUT2D eigenvalue weighted by atomic mass is 35.5. The van der Waals surface area contributed by atoms with Crippen LogP contribution in [-0.2, 0) is 0 Å². The average molecular weight is 203 g/mol. The summed E-state index contributed by atoms with van der Waals surface area (Å²) in [5.41, 5.74) is -0.695. The molecule has 0 saturated carbocycles. The second-order valence-corrected chi connectivity index (χ2v) is 3.50. The van der Waals surface area contributed by atoms with Crippen LogP contribution in [0.2, 0.25) is 5.15 Å². The Morgan fingerprint density at radius 3 is 2.67 bits per heavy atom. The lowest BCUT2D eigenvalue weighted by atomic mass is 10.1. The van der Waals surface area contributed by atoms with Gasteiger partial charge < -0.3 is 4.74 Å². The van der Waals surface area contributed by atoms with Gasteiger partial charge in [0.15, 0.2) is 5.60 Å². The van der Waals surface area contributed by atoms with Crippen molar-refractivity contribution in [2.45, 2.75) is 19.4 Å². The number of aromatic nitrogens is 2. The van der Waals surface area contributed by atoms with Crippen molar-refractivity contribution in [3.63, 3.8) is 0 Å². The minimum Gasteiger partial charge on any atom is -0.456 e. The lowest BCUT2D eigenvalue weighted by Crippen LogP contribution is -2.25. The standard InChI is InChI=1S/C7H7ClN2OS/c1-4-7(2,3)11-6-5(8)9-12-10-6/h1H,2-3H3. The van der Waals surface area contributed by atoms with Crippen LogP contribution in [0.1, 0.15) is 13.8 Å². The van der Waals surface area contributed by atoms with Crippen molar-refractivity contribution >= 4 is 23.3 Å². The van der Waals surface area contributed by atoms with Crippen LogP contribution in [0.15, 0.2) is 0 Å². The summed E-state index contributed by atoms with van der Waals surface area (Å²) in [6.07, 6.45) is 5.21. The van der Waals surface area contributed by atoms with Gasteiger partial charge in [0.1, 0.15) is 0 Å². The van der Waals surface area contributed by atoms with E-state index in [1.807, 2.05) is 0 Å². The quantitative estimate of drug-likeness (QED) is 0.688. The van der Waals surface area contributed by atoms with E-state index < -0.39 is 5.60 Å². The summed E-state index contributed by atoms with van der Waals surface area (Å²) in [4.78, 5) is 0. The van der Waals surface area contributed by atoms with Gasteiger partial charge in [-0.3, -0.25) is 0 Å². The summed E-state index contributed by atoms with van der Waals surface area (Å²) in [7, 11) is 0. The molecule has 0 amide bonds. The van der Waals surface area contributed by atoms with Gasteiger partial charge in [-0.05, 0) is 13.8 Å². The first-order valence-electron chi connectivity index (χ1n) is 3.20. The smallest absolute Gasteiger partial charge is 0.266 e. The summed E-state index contributed by atoms with van der Waals surface area (Å²) in [5.74, 6) is 2.76. The molecule has 1 rings (SSSR count). The Labute approximate surface area is 80.0 Å². The molecule has 3 nitrogen and oxygen atoms in total. The minimum atomic E-state index is -0.695. The third kappa shape index (κ3) is 2.10. The Balaban J connectivity index is 2.78. The van der Waals surface area contributed by atoms with Gasteiger partial charge in [-0.25, -0.2) is 0 Å². The third-order valence-electron chi connectivity index (χ3n) is 1.12. The highest BCUT2D eigenvalue weighted by Crippen LogP contribution is 2.24. The fourth-order valence-corrected chi connectivity index (χ4v) is 1.11. The number of terminal acetylenes is 1. The maximum atomic E-state index is 5.65. The first-order chi connectivity index (χ1) is 5.55. The molecule has 0 radical (unpaired) electrons. The van der Waals surface area contributed by atoms with Gasteiger partial charge in [0.25, 0.3) is 5.88 Å². The lowest BCUT2D eigenvalue weighted by molar-refractivity contribution is 0.166. The molecule has 12 heavy (non-hydrogen) atoms. The second-order valence-electron chi connectivity index (χ2n) is 2.62. The van der Waals surface area contributed by atoms with Crippen molar-refractivity contribution in [3.05, 3.63) is 5.15 Å². The zero-order valence-corrected chi connectivity index (χ0v) is 8.24. The van der Waals surface area contributed by atoms with Gasteiger partial charge in [0.2, 0.25) is 5.15 Å². The van der Waals surface area contributed by atoms with Gasteiger partial charge in [-0.15, -0.1) is 10.8 Å². The van der Waals surface area contributed by atoms with Crippen molar-refractivity contribution in [1.82, 2.24) is 8.75 Å². The molecule has 64 valence electrons. The zero-order valence-electron chi connectivity index (χ0n) is 6.67. The fourth-order valence-electron chi connectivity index (χ4n) is 0.502. The molecule has 1 aromatic rings.